The molecule has 3 rings (SSSR count). The third-order valence-corrected chi connectivity index (χ3v) is 3.60. The molecule has 2 aromatic heterocycles. The Morgan fingerprint density at radius 1 is 1.39 bits per heavy atom. The van der Waals surface area contributed by atoms with Crippen LogP contribution in [0.3, 0.4) is 0 Å². The summed E-state index contributed by atoms with van der Waals surface area (Å²) in [5.74, 6) is 0. The summed E-state index contributed by atoms with van der Waals surface area (Å²) >= 11 is 7.39. The van der Waals surface area contributed by atoms with Crippen molar-refractivity contribution in [2.75, 3.05) is 0 Å². The van der Waals surface area contributed by atoms with Gasteiger partial charge in [0, 0.05) is 10.4 Å². The average Bonchev–Trinajstić information content (AvgIpc) is 2.77. The zero-order chi connectivity index (χ0) is 12.7. The van der Waals surface area contributed by atoms with E-state index in [-0.39, 0.29) is 5.43 Å². The SMILES string of the molecule is Cc1nc(-c2n[nH]c3ccc(Cl)cc3c2=O)cs1. The van der Waals surface area contributed by atoms with Gasteiger partial charge >= 0.3 is 0 Å². The minimum absolute atomic E-state index is 0.156. The molecule has 2 heterocycles. The van der Waals surface area contributed by atoms with E-state index < -0.39 is 0 Å². The first kappa shape index (κ1) is 11.4. The number of aryl methyl sites for hydroxylation is 1. The lowest BCUT2D eigenvalue weighted by atomic mass is 10.2. The van der Waals surface area contributed by atoms with E-state index in [1.54, 1.807) is 18.2 Å². The van der Waals surface area contributed by atoms with E-state index in [0.29, 0.717) is 27.3 Å². The Bertz CT molecular complexity index is 793. The minimum Gasteiger partial charge on any atom is -0.287 e. The summed E-state index contributed by atoms with van der Waals surface area (Å²) in [5.41, 5.74) is 1.44. The van der Waals surface area contributed by atoms with Crippen LogP contribution in [0.2, 0.25) is 5.02 Å². The van der Waals surface area contributed by atoms with Crippen molar-refractivity contribution in [3.63, 3.8) is 0 Å². The lowest BCUT2D eigenvalue weighted by molar-refractivity contribution is 1.06. The van der Waals surface area contributed by atoms with Gasteiger partial charge in [-0.05, 0) is 25.1 Å². The van der Waals surface area contributed by atoms with Crippen LogP contribution in [-0.2, 0) is 0 Å². The van der Waals surface area contributed by atoms with Gasteiger partial charge in [-0.3, -0.25) is 9.89 Å². The second-order valence-electron chi connectivity index (χ2n) is 3.84. The Hall–Kier alpha value is -1.72. The molecular weight excluding hydrogens is 270 g/mol. The number of rotatable bonds is 1. The van der Waals surface area contributed by atoms with Crippen LogP contribution < -0.4 is 5.43 Å². The predicted molar refractivity (Wildman–Crippen MR) is 73.2 cm³/mol. The fourth-order valence-electron chi connectivity index (χ4n) is 1.74. The number of halogens is 1. The minimum atomic E-state index is -0.156. The van der Waals surface area contributed by atoms with E-state index in [4.69, 9.17) is 11.6 Å². The number of aromatic amines is 1. The highest BCUT2D eigenvalue weighted by Gasteiger charge is 2.11. The molecule has 0 spiro atoms. The number of hydrogen-bond donors (Lipinski definition) is 1. The molecule has 0 saturated heterocycles. The maximum atomic E-state index is 12.3. The van der Waals surface area contributed by atoms with Crippen LogP contribution in [0, 0.1) is 6.92 Å². The van der Waals surface area contributed by atoms with Gasteiger partial charge in [-0.2, -0.15) is 5.10 Å². The van der Waals surface area contributed by atoms with Gasteiger partial charge in [-0.15, -0.1) is 11.3 Å². The second-order valence-corrected chi connectivity index (χ2v) is 5.34. The summed E-state index contributed by atoms with van der Waals surface area (Å²) in [6.07, 6.45) is 0. The fourth-order valence-corrected chi connectivity index (χ4v) is 2.51. The molecule has 0 amide bonds. The molecule has 0 aliphatic heterocycles. The van der Waals surface area contributed by atoms with Gasteiger partial charge in [0.1, 0.15) is 5.69 Å². The molecule has 4 nitrogen and oxygen atoms in total. The Morgan fingerprint density at radius 2 is 2.22 bits per heavy atom. The van der Waals surface area contributed by atoms with Gasteiger partial charge in [0.15, 0.2) is 5.69 Å². The van der Waals surface area contributed by atoms with Crippen molar-refractivity contribution < 1.29 is 0 Å². The summed E-state index contributed by atoms with van der Waals surface area (Å²) < 4.78 is 0. The van der Waals surface area contributed by atoms with Crippen molar-refractivity contribution in [3.05, 3.63) is 43.8 Å². The summed E-state index contributed by atoms with van der Waals surface area (Å²) in [6.45, 7) is 1.89. The summed E-state index contributed by atoms with van der Waals surface area (Å²) in [5, 5.41) is 10.7. The number of benzene rings is 1. The molecule has 1 aromatic carbocycles. The summed E-state index contributed by atoms with van der Waals surface area (Å²) in [6, 6.07) is 5.09. The van der Waals surface area contributed by atoms with Gasteiger partial charge in [0.25, 0.3) is 0 Å². The zero-order valence-electron chi connectivity index (χ0n) is 9.40. The smallest absolute Gasteiger partial charge is 0.217 e. The molecule has 0 saturated carbocycles. The molecule has 18 heavy (non-hydrogen) atoms. The number of fused-ring (bicyclic) bond motifs is 1. The van der Waals surface area contributed by atoms with Crippen LogP contribution >= 0.6 is 22.9 Å². The standard InChI is InChI=1S/C12H8ClN3OS/c1-6-14-10(5-18-6)11-12(17)8-4-7(13)2-3-9(8)15-16-11/h2-5H,1H3,(H,15,17). The fraction of sp³-hybridized carbons (Fsp3) is 0.0833. The molecule has 0 radical (unpaired) electrons. The largest absolute Gasteiger partial charge is 0.287 e. The van der Waals surface area contributed by atoms with Crippen LogP contribution in [0.4, 0.5) is 0 Å². The van der Waals surface area contributed by atoms with Gasteiger partial charge in [-0.1, -0.05) is 11.6 Å². The van der Waals surface area contributed by atoms with Gasteiger partial charge in [-0.25, -0.2) is 4.98 Å². The topological polar surface area (TPSA) is 58.6 Å². The van der Waals surface area contributed by atoms with E-state index in [1.807, 2.05) is 12.3 Å². The molecule has 0 atom stereocenters. The Morgan fingerprint density at radius 3 is 2.94 bits per heavy atom. The van der Waals surface area contributed by atoms with Crippen molar-refractivity contribution in [2.24, 2.45) is 0 Å². The molecule has 0 aliphatic carbocycles. The molecule has 6 heteroatoms. The number of aromatic nitrogens is 3. The van der Waals surface area contributed by atoms with Crippen molar-refractivity contribution >= 4 is 33.8 Å². The van der Waals surface area contributed by atoms with Gasteiger partial charge in [0.2, 0.25) is 5.43 Å². The monoisotopic (exact) mass is 277 g/mol. The Labute approximate surface area is 111 Å². The lowest BCUT2D eigenvalue weighted by Gasteiger charge is -2.00. The lowest BCUT2D eigenvalue weighted by Crippen LogP contribution is -2.09. The van der Waals surface area contributed by atoms with Crippen LogP contribution in [0.5, 0.6) is 0 Å². The van der Waals surface area contributed by atoms with Crippen LogP contribution in [-0.4, -0.2) is 15.2 Å². The number of nitrogens with one attached hydrogen (secondary N) is 1. The molecular formula is C12H8ClN3OS. The first-order chi connectivity index (χ1) is 8.65. The molecule has 0 aliphatic rings. The zero-order valence-corrected chi connectivity index (χ0v) is 11.0. The Kier molecular flexibility index (Phi) is 2.65. The number of nitrogens with zero attached hydrogens (tertiary/aromatic N) is 2. The second kappa shape index (κ2) is 4.19. The molecule has 0 unspecified atom stereocenters. The normalized spacial score (nSPS) is 11.0. The third-order valence-electron chi connectivity index (χ3n) is 2.59. The van der Waals surface area contributed by atoms with Crippen LogP contribution in [0.15, 0.2) is 28.4 Å². The van der Waals surface area contributed by atoms with Crippen LogP contribution in [0.1, 0.15) is 5.01 Å². The number of thiazole rings is 1. The van der Waals surface area contributed by atoms with Gasteiger partial charge < -0.3 is 0 Å². The molecule has 0 fully saturated rings. The van der Waals surface area contributed by atoms with E-state index in [1.165, 1.54) is 11.3 Å². The Balaban J connectivity index is 2.32. The predicted octanol–water partition coefficient (Wildman–Crippen LogP) is 3.01. The van der Waals surface area contributed by atoms with E-state index in [9.17, 15) is 4.79 Å². The highest BCUT2D eigenvalue weighted by Crippen LogP contribution is 2.19. The molecule has 0 bridgehead atoms. The highest BCUT2D eigenvalue weighted by molar-refractivity contribution is 7.09. The number of hydrogen-bond acceptors (Lipinski definition) is 4. The quantitative estimate of drug-likeness (QED) is 0.744. The van der Waals surface area contributed by atoms with Crippen LogP contribution in [0.25, 0.3) is 22.3 Å². The van der Waals surface area contributed by atoms with Crippen molar-refractivity contribution in [1.82, 2.24) is 15.2 Å². The third kappa shape index (κ3) is 1.81. The first-order valence-electron chi connectivity index (χ1n) is 5.25. The number of H-pyrrole nitrogens is 1. The average molecular weight is 278 g/mol. The van der Waals surface area contributed by atoms with Crippen molar-refractivity contribution in [1.29, 1.82) is 0 Å². The summed E-state index contributed by atoms with van der Waals surface area (Å²) in [4.78, 5) is 16.6. The molecule has 90 valence electrons. The summed E-state index contributed by atoms with van der Waals surface area (Å²) in [7, 11) is 0. The van der Waals surface area contributed by atoms with E-state index >= 15 is 0 Å². The van der Waals surface area contributed by atoms with E-state index in [2.05, 4.69) is 15.2 Å². The maximum Gasteiger partial charge on any atom is 0.217 e. The maximum absolute atomic E-state index is 12.3. The first-order valence-corrected chi connectivity index (χ1v) is 6.51. The van der Waals surface area contributed by atoms with Gasteiger partial charge in [0.05, 0.1) is 15.9 Å². The van der Waals surface area contributed by atoms with Crippen molar-refractivity contribution in [3.8, 4) is 11.4 Å². The van der Waals surface area contributed by atoms with E-state index in [0.717, 1.165) is 5.01 Å². The highest BCUT2D eigenvalue weighted by atomic mass is 35.5. The molecule has 3 aromatic rings. The molecule has 1 N–H and O–H groups in total. The van der Waals surface area contributed by atoms with Crippen molar-refractivity contribution in [2.45, 2.75) is 6.92 Å².